The summed E-state index contributed by atoms with van der Waals surface area (Å²) in [5, 5.41) is 15.4. The van der Waals surface area contributed by atoms with Crippen molar-refractivity contribution in [3.8, 4) is 6.07 Å². The SMILES string of the molecule is C[C@@H]1C[C@H](n2c(CC(=O)Nc3cc(C(F)(F)F)no3)nc3cnc4ccc(C#N)cc4c32)CCO1. The predicted octanol–water partition coefficient (Wildman–Crippen LogP) is 4.38. The molecule has 1 aromatic carbocycles. The first-order chi connectivity index (χ1) is 16.7. The molecule has 1 aliphatic heterocycles. The predicted molar refractivity (Wildman–Crippen MR) is 117 cm³/mol. The second kappa shape index (κ2) is 8.66. The van der Waals surface area contributed by atoms with E-state index < -0.39 is 23.7 Å². The van der Waals surface area contributed by atoms with Gasteiger partial charge in [-0.05, 0) is 38.0 Å². The van der Waals surface area contributed by atoms with Crippen molar-refractivity contribution in [2.24, 2.45) is 0 Å². The van der Waals surface area contributed by atoms with Crippen molar-refractivity contribution in [3.05, 3.63) is 47.5 Å². The molecule has 3 aromatic heterocycles. The fourth-order valence-corrected chi connectivity index (χ4v) is 4.41. The molecular weight excluding hydrogens is 465 g/mol. The summed E-state index contributed by atoms with van der Waals surface area (Å²) in [5.41, 5.74) is 1.20. The fourth-order valence-electron chi connectivity index (χ4n) is 4.41. The van der Waals surface area contributed by atoms with Crippen molar-refractivity contribution in [2.75, 3.05) is 11.9 Å². The number of hydrogen-bond donors (Lipinski definition) is 1. The number of carbonyl (C=O) groups excluding carboxylic acids is 1. The average molecular weight is 484 g/mol. The van der Waals surface area contributed by atoms with Gasteiger partial charge in [0.1, 0.15) is 11.3 Å². The monoisotopic (exact) mass is 484 g/mol. The van der Waals surface area contributed by atoms with Gasteiger partial charge in [0.15, 0.2) is 5.69 Å². The maximum Gasteiger partial charge on any atom is 0.436 e. The maximum absolute atomic E-state index is 12.8. The Morgan fingerprint density at radius 1 is 1.31 bits per heavy atom. The van der Waals surface area contributed by atoms with E-state index in [0.29, 0.717) is 47.9 Å². The summed E-state index contributed by atoms with van der Waals surface area (Å²) in [6.45, 7) is 2.50. The number of alkyl halides is 3. The molecule has 0 spiro atoms. The Morgan fingerprint density at radius 3 is 2.86 bits per heavy atom. The number of halogens is 3. The van der Waals surface area contributed by atoms with Gasteiger partial charge in [-0.15, -0.1) is 0 Å². The van der Waals surface area contributed by atoms with E-state index in [1.807, 2.05) is 11.5 Å². The standard InChI is InChI=1S/C23H19F3N6O3/c1-12-6-14(4-5-34-12)32-19(9-20(33)30-21-8-18(31-35-21)23(24,25)26)29-17-11-28-16-3-2-13(10-27)7-15(16)22(17)32/h2-3,7-8,11-12,14H,4-6,9H2,1H3,(H,30,33)/t12-,14-/m1/s1. The molecule has 9 nitrogen and oxygen atoms in total. The number of nitriles is 1. The number of fused-ring (bicyclic) bond motifs is 3. The first-order valence-corrected chi connectivity index (χ1v) is 10.9. The average Bonchev–Trinajstić information content (AvgIpc) is 3.43. The van der Waals surface area contributed by atoms with Crippen molar-refractivity contribution in [1.29, 1.82) is 5.26 Å². The number of carbonyl (C=O) groups is 1. The van der Waals surface area contributed by atoms with Crippen LogP contribution in [0.5, 0.6) is 0 Å². The van der Waals surface area contributed by atoms with Gasteiger partial charge in [0.25, 0.3) is 0 Å². The minimum atomic E-state index is -4.68. The zero-order valence-electron chi connectivity index (χ0n) is 18.5. The van der Waals surface area contributed by atoms with Gasteiger partial charge in [0.2, 0.25) is 11.8 Å². The molecule has 2 atom stereocenters. The Kier molecular flexibility index (Phi) is 5.64. The number of rotatable bonds is 4. The van der Waals surface area contributed by atoms with Crippen LogP contribution in [-0.2, 0) is 22.1 Å². The molecule has 4 aromatic rings. The number of nitrogens with one attached hydrogen (secondary N) is 1. The molecule has 0 unspecified atom stereocenters. The van der Waals surface area contributed by atoms with Crippen molar-refractivity contribution < 1.29 is 27.2 Å². The molecule has 0 radical (unpaired) electrons. The number of anilines is 1. The number of nitrogens with zero attached hydrogens (tertiary/aromatic N) is 5. The Morgan fingerprint density at radius 2 is 2.14 bits per heavy atom. The van der Waals surface area contributed by atoms with Gasteiger partial charge in [0, 0.05) is 24.1 Å². The van der Waals surface area contributed by atoms with E-state index in [1.54, 1.807) is 24.4 Å². The van der Waals surface area contributed by atoms with E-state index in [9.17, 15) is 23.2 Å². The van der Waals surface area contributed by atoms with Crippen LogP contribution in [0.25, 0.3) is 21.9 Å². The summed E-state index contributed by atoms with van der Waals surface area (Å²) in [6, 6.07) is 7.89. The number of benzene rings is 1. The molecular formula is C23H19F3N6O3. The van der Waals surface area contributed by atoms with Crippen molar-refractivity contribution >= 4 is 33.7 Å². The summed E-state index contributed by atoms with van der Waals surface area (Å²) in [4.78, 5) is 21.8. The molecule has 1 fully saturated rings. The molecule has 0 saturated carbocycles. The number of pyridine rings is 1. The summed E-state index contributed by atoms with van der Waals surface area (Å²) < 4.78 is 50.7. The summed E-state index contributed by atoms with van der Waals surface area (Å²) in [6.07, 6.45) is -1.94. The minimum Gasteiger partial charge on any atom is -0.378 e. The molecule has 0 bridgehead atoms. The Hall–Kier alpha value is -3.98. The lowest BCUT2D eigenvalue weighted by Crippen LogP contribution is -2.27. The highest BCUT2D eigenvalue weighted by atomic mass is 19.4. The molecule has 12 heteroatoms. The van der Waals surface area contributed by atoms with E-state index >= 15 is 0 Å². The third kappa shape index (κ3) is 4.42. The number of hydrogen-bond acceptors (Lipinski definition) is 7. The smallest absolute Gasteiger partial charge is 0.378 e. The van der Waals surface area contributed by atoms with Crippen LogP contribution in [0.1, 0.15) is 42.9 Å². The largest absolute Gasteiger partial charge is 0.436 e. The molecule has 35 heavy (non-hydrogen) atoms. The van der Waals surface area contributed by atoms with Crippen LogP contribution in [0.2, 0.25) is 0 Å². The van der Waals surface area contributed by atoms with E-state index in [-0.39, 0.29) is 18.6 Å². The van der Waals surface area contributed by atoms with Gasteiger partial charge in [0.05, 0.1) is 41.4 Å². The number of imidazole rings is 1. The van der Waals surface area contributed by atoms with Crippen LogP contribution >= 0.6 is 0 Å². The van der Waals surface area contributed by atoms with Gasteiger partial charge in [-0.3, -0.25) is 15.1 Å². The quantitative estimate of drug-likeness (QED) is 0.456. The Labute approximate surface area is 196 Å². The molecule has 1 aliphatic rings. The van der Waals surface area contributed by atoms with E-state index in [1.165, 1.54) is 0 Å². The number of amides is 1. The van der Waals surface area contributed by atoms with Crippen LogP contribution < -0.4 is 5.32 Å². The fraction of sp³-hybridized carbons (Fsp3) is 0.348. The molecule has 1 amide bonds. The maximum atomic E-state index is 12.8. The molecule has 1 N–H and O–H groups in total. The summed E-state index contributed by atoms with van der Waals surface area (Å²) in [7, 11) is 0. The zero-order valence-corrected chi connectivity index (χ0v) is 18.5. The summed E-state index contributed by atoms with van der Waals surface area (Å²) in [5.74, 6) is -0.596. The highest BCUT2D eigenvalue weighted by Gasteiger charge is 2.35. The van der Waals surface area contributed by atoms with Crippen LogP contribution in [-0.4, -0.2) is 38.3 Å². The first kappa shape index (κ1) is 22.8. The van der Waals surface area contributed by atoms with Gasteiger partial charge in [-0.25, -0.2) is 4.98 Å². The molecule has 5 rings (SSSR count). The normalized spacial score (nSPS) is 18.6. The van der Waals surface area contributed by atoms with Crippen molar-refractivity contribution in [3.63, 3.8) is 0 Å². The van der Waals surface area contributed by atoms with E-state index in [4.69, 9.17) is 4.74 Å². The van der Waals surface area contributed by atoms with Gasteiger partial charge in [-0.1, -0.05) is 5.16 Å². The third-order valence-corrected chi connectivity index (χ3v) is 5.92. The van der Waals surface area contributed by atoms with Crippen LogP contribution in [0.3, 0.4) is 0 Å². The van der Waals surface area contributed by atoms with E-state index in [2.05, 4.69) is 31.0 Å². The highest BCUT2D eigenvalue weighted by Crippen LogP contribution is 2.34. The lowest BCUT2D eigenvalue weighted by Gasteiger charge is -2.30. The number of ether oxygens (including phenoxy) is 1. The van der Waals surface area contributed by atoms with E-state index in [0.717, 1.165) is 10.9 Å². The van der Waals surface area contributed by atoms with Gasteiger partial charge < -0.3 is 13.8 Å². The van der Waals surface area contributed by atoms with Crippen molar-refractivity contribution in [2.45, 2.75) is 44.5 Å². The Bertz CT molecular complexity index is 1470. The highest BCUT2D eigenvalue weighted by molar-refractivity contribution is 6.03. The third-order valence-electron chi connectivity index (χ3n) is 5.92. The Balaban J connectivity index is 1.56. The van der Waals surface area contributed by atoms with Crippen LogP contribution in [0, 0.1) is 11.3 Å². The molecule has 4 heterocycles. The topological polar surface area (TPSA) is 119 Å². The second-order valence-electron chi connectivity index (χ2n) is 8.39. The van der Waals surface area contributed by atoms with Gasteiger partial charge in [-0.2, -0.15) is 18.4 Å². The first-order valence-electron chi connectivity index (χ1n) is 10.9. The molecule has 180 valence electrons. The minimum absolute atomic E-state index is 0.00868. The number of aromatic nitrogens is 4. The van der Waals surface area contributed by atoms with Crippen LogP contribution in [0.4, 0.5) is 19.1 Å². The lowest BCUT2D eigenvalue weighted by atomic mass is 10.0. The van der Waals surface area contributed by atoms with Gasteiger partial charge >= 0.3 is 6.18 Å². The second-order valence-corrected chi connectivity index (χ2v) is 8.39. The molecule has 1 saturated heterocycles. The zero-order chi connectivity index (χ0) is 24.7. The van der Waals surface area contributed by atoms with Crippen molar-refractivity contribution in [1.82, 2.24) is 19.7 Å². The molecule has 0 aliphatic carbocycles. The summed E-state index contributed by atoms with van der Waals surface area (Å²) >= 11 is 0. The van der Waals surface area contributed by atoms with Crippen LogP contribution in [0.15, 0.2) is 35.0 Å². The lowest BCUT2D eigenvalue weighted by molar-refractivity contribution is -0.142.